The molecule has 1 aromatic heterocycles. The van der Waals surface area contributed by atoms with Crippen molar-refractivity contribution in [3.8, 4) is 11.1 Å². The summed E-state index contributed by atoms with van der Waals surface area (Å²) in [7, 11) is 0. The van der Waals surface area contributed by atoms with Gasteiger partial charge in [-0.3, -0.25) is 0 Å². The lowest BCUT2D eigenvalue weighted by molar-refractivity contribution is -0.143. The van der Waals surface area contributed by atoms with Crippen LogP contribution in [0.5, 0.6) is 0 Å². The van der Waals surface area contributed by atoms with Gasteiger partial charge >= 0.3 is 18.3 Å². The highest BCUT2D eigenvalue weighted by Gasteiger charge is 2.37. The fourth-order valence-corrected chi connectivity index (χ4v) is 4.41. The molecule has 1 aliphatic carbocycles. The van der Waals surface area contributed by atoms with Gasteiger partial charge in [0.2, 0.25) is 0 Å². The molecule has 0 unspecified atom stereocenters. The number of carboxylic acids is 1. The van der Waals surface area contributed by atoms with Crippen LogP contribution in [0.4, 0.5) is 32.0 Å². The van der Waals surface area contributed by atoms with E-state index < -0.39 is 29.4 Å². The quantitative estimate of drug-likeness (QED) is 0.189. The summed E-state index contributed by atoms with van der Waals surface area (Å²) < 4.78 is 79.1. The second-order valence-corrected chi connectivity index (χ2v) is 8.96. The minimum absolute atomic E-state index is 0.0640. The van der Waals surface area contributed by atoms with E-state index >= 15 is 0 Å². The van der Waals surface area contributed by atoms with Gasteiger partial charge in [-0.25, -0.2) is 14.8 Å². The zero-order valence-electron chi connectivity index (χ0n) is 20.4. The van der Waals surface area contributed by atoms with Crippen molar-refractivity contribution in [1.82, 2.24) is 9.97 Å². The number of carbonyl (C=O) groups is 1. The van der Waals surface area contributed by atoms with Gasteiger partial charge in [-0.1, -0.05) is 30.3 Å². The van der Waals surface area contributed by atoms with Gasteiger partial charge in [0.1, 0.15) is 6.33 Å². The van der Waals surface area contributed by atoms with Crippen molar-refractivity contribution in [2.75, 3.05) is 5.73 Å². The number of nitrogen functional groups attached to an aromatic ring is 1. The molecule has 3 aromatic carbocycles. The van der Waals surface area contributed by atoms with Gasteiger partial charge in [-0.2, -0.15) is 26.3 Å². The van der Waals surface area contributed by atoms with Gasteiger partial charge in [-0.05, 0) is 70.5 Å². The predicted octanol–water partition coefficient (Wildman–Crippen LogP) is 6.95. The first-order valence-electron chi connectivity index (χ1n) is 11.5. The molecule has 5 nitrogen and oxygen atoms in total. The van der Waals surface area contributed by atoms with Crippen molar-refractivity contribution in [1.29, 1.82) is 0 Å². The Kier molecular flexibility index (Phi) is 7.36. The van der Waals surface area contributed by atoms with Crippen LogP contribution in [0.3, 0.4) is 0 Å². The van der Waals surface area contributed by atoms with Crippen LogP contribution in [-0.2, 0) is 25.2 Å². The fraction of sp³-hybridized carbons (Fsp3) is 0.179. The number of halogens is 6. The number of rotatable bonds is 3. The lowest BCUT2D eigenvalue weighted by Gasteiger charge is -2.17. The van der Waals surface area contributed by atoms with E-state index in [2.05, 4.69) is 9.97 Å². The van der Waals surface area contributed by atoms with Gasteiger partial charge < -0.3 is 10.8 Å². The van der Waals surface area contributed by atoms with E-state index in [1.807, 2.05) is 30.3 Å². The molecule has 4 aromatic rings. The normalized spacial score (nSPS) is 12.3. The molecule has 0 radical (unpaired) electrons. The van der Waals surface area contributed by atoms with Crippen molar-refractivity contribution < 1.29 is 36.2 Å². The second-order valence-electron chi connectivity index (χ2n) is 8.96. The first kappa shape index (κ1) is 27.6. The molecule has 202 valence electrons. The molecule has 0 saturated carbocycles. The Bertz CT molecular complexity index is 1500. The lowest BCUT2D eigenvalue weighted by atomic mass is 9.91. The molecule has 0 atom stereocenters. The van der Waals surface area contributed by atoms with Crippen LogP contribution in [0.25, 0.3) is 11.1 Å². The molecule has 0 fully saturated rings. The monoisotopic (exact) mass is 545 g/mol. The third kappa shape index (κ3) is 6.02. The van der Waals surface area contributed by atoms with Crippen molar-refractivity contribution in [2.24, 2.45) is 0 Å². The smallest absolute Gasteiger partial charge is 0.416 e. The summed E-state index contributed by atoms with van der Waals surface area (Å²) in [6.07, 6.45) is -5.41. The highest BCUT2D eigenvalue weighted by molar-refractivity contribution is 5.86. The Morgan fingerprint density at radius 2 is 1.51 bits per heavy atom. The topological polar surface area (TPSA) is 89.1 Å². The summed E-state index contributed by atoms with van der Waals surface area (Å²) in [5.41, 5.74) is 9.43. The minimum Gasteiger partial charge on any atom is -0.478 e. The van der Waals surface area contributed by atoms with Gasteiger partial charge in [0.05, 0.1) is 16.7 Å². The summed E-state index contributed by atoms with van der Waals surface area (Å²) in [5, 5.41) is 8.30. The number of nitrogens with two attached hydrogens (primary N) is 1. The van der Waals surface area contributed by atoms with E-state index in [4.69, 9.17) is 10.8 Å². The zero-order chi connectivity index (χ0) is 28.5. The molecule has 5 rings (SSSR count). The predicted molar refractivity (Wildman–Crippen MR) is 132 cm³/mol. The number of hydrogen-bond acceptors (Lipinski definition) is 4. The van der Waals surface area contributed by atoms with Gasteiger partial charge in [0.25, 0.3) is 0 Å². The third-order valence-electron chi connectivity index (χ3n) is 6.38. The SMILES string of the molecule is Cc1c(Cc2cc(C(F)(F)F)cc(C(F)(F)F)c2)cc2c(c1N)Cc1ccccc1-2.O=C(O)c1cncnc1. The van der Waals surface area contributed by atoms with E-state index in [1.165, 1.54) is 18.7 Å². The Morgan fingerprint density at radius 3 is 2.05 bits per heavy atom. The van der Waals surface area contributed by atoms with Crippen LogP contribution >= 0.6 is 0 Å². The van der Waals surface area contributed by atoms with E-state index in [9.17, 15) is 31.1 Å². The highest BCUT2D eigenvalue weighted by Crippen LogP contribution is 2.43. The number of hydrogen-bond donors (Lipinski definition) is 2. The first-order valence-corrected chi connectivity index (χ1v) is 11.5. The number of aromatic carboxylic acids is 1. The number of nitrogens with zero attached hydrogens (tertiary/aromatic N) is 2. The van der Waals surface area contributed by atoms with Crippen molar-refractivity contribution >= 4 is 11.7 Å². The molecule has 1 heterocycles. The largest absolute Gasteiger partial charge is 0.478 e. The van der Waals surface area contributed by atoms with Gasteiger partial charge in [0.15, 0.2) is 0 Å². The molecule has 11 heteroatoms. The maximum absolute atomic E-state index is 13.2. The Hall–Kier alpha value is -4.41. The average molecular weight is 545 g/mol. The summed E-state index contributed by atoms with van der Waals surface area (Å²) >= 11 is 0. The van der Waals surface area contributed by atoms with Crippen LogP contribution in [0.15, 0.2) is 67.3 Å². The van der Waals surface area contributed by atoms with Gasteiger partial charge in [0, 0.05) is 24.5 Å². The fourth-order valence-electron chi connectivity index (χ4n) is 4.41. The molecule has 0 aliphatic heterocycles. The second kappa shape index (κ2) is 10.4. The van der Waals surface area contributed by atoms with Crippen LogP contribution < -0.4 is 5.73 Å². The molecular formula is C28H21F6N3O2. The van der Waals surface area contributed by atoms with E-state index in [-0.39, 0.29) is 23.6 Å². The summed E-state index contributed by atoms with van der Waals surface area (Å²) in [6, 6.07) is 11.2. The van der Waals surface area contributed by atoms with Crippen molar-refractivity contribution in [3.05, 3.63) is 112 Å². The molecule has 0 amide bonds. The van der Waals surface area contributed by atoms with Crippen LogP contribution in [0.2, 0.25) is 0 Å². The van der Waals surface area contributed by atoms with Crippen LogP contribution in [-0.4, -0.2) is 21.0 Å². The molecule has 3 N–H and O–H groups in total. The minimum atomic E-state index is -4.87. The van der Waals surface area contributed by atoms with Gasteiger partial charge in [-0.15, -0.1) is 0 Å². The maximum atomic E-state index is 13.2. The van der Waals surface area contributed by atoms with E-state index in [1.54, 1.807) is 6.92 Å². The molecule has 0 bridgehead atoms. The summed E-state index contributed by atoms with van der Waals surface area (Å²) in [4.78, 5) is 17.1. The zero-order valence-corrected chi connectivity index (χ0v) is 20.4. The molecular weight excluding hydrogens is 524 g/mol. The standard InChI is InChI=1S/C23H17F6N.C5H4N2O2/c1-12-15(10-19-18-5-3-2-4-14(18)9-20(19)21(12)30)6-13-7-16(22(24,25)26)11-17(8-13)23(27,28)29;8-5(9)4-1-6-3-7-2-4/h2-5,7-8,10-11H,6,9,30H2,1H3;1-3H,(H,8,9). The van der Waals surface area contributed by atoms with E-state index in [0.717, 1.165) is 34.4 Å². The molecule has 1 aliphatic rings. The number of carboxylic acid groups (broad SMARTS) is 1. The molecule has 0 spiro atoms. The average Bonchev–Trinajstić information content (AvgIpc) is 3.25. The third-order valence-corrected chi connectivity index (χ3v) is 6.38. The molecule has 39 heavy (non-hydrogen) atoms. The van der Waals surface area contributed by atoms with Crippen molar-refractivity contribution in [3.63, 3.8) is 0 Å². The number of benzene rings is 3. The maximum Gasteiger partial charge on any atom is 0.416 e. The highest BCUT2D eigenvalue weighted by atomic mass is 19.4. The summed E-state index contributed by atoms with van der Waals surface area (Å²) in [6.45, 7) is 1.74. The Labute approximate surface area is 219 Å². The number of aromatic nitrogens is 2. The number of anilines is 1. The summed E-state index contributed by atoms with van der Waals surface area (Å²) in [5.74, 6) is -1.00. The van der Waals surface area contributed by atoms with Crippen LogP contribution in [0.1, 0.15) is 49.3 Å². The van der Waals surface area contributed by atoms with Crippen molar-refractivity contribution in [2.45, 2.75) is 32.1 Å². The number of alkyl halides is 6. The Morgan fingerprint density at radius 1 is 0.923 bits per heavy atom. The Balaban J connectivity index is 0.000000333. The molecule has 0 saturated heterocycles. The number of fused-ring (bicyclic) bond motifs is 3. The van der Waals surface area contributed by atoms with E-state index in [0.29, 0.717) is 23.2 Å². The first-order chi connectivity index (χ1) is 18.3. The van der Waals surface area contributed by atoms with Crippen LogP contribution in [0, 0.1) is 6.92 Å². The lowest BCUT2D eigenvalue weighted by Crippen LogP contribution is -2.12.